The number of hydrogen-bond donors (Lipinski definition) is 1. The predicted octanol–water partition coefficient (Wildman–Crippen LogP) is 2.51. The highest BCUT2D eigenvalue weighted by Crippen LogP contribution is 2.60. The molecule has 3 nitrogen and oxygen atoms in total. The standard InChI is InChI=1S/C14H23N3/c1-3-15-14(10-8-16-17(2)9-10)13-11-6-4-5-7-12(11)13/h8-9,11-15H,3-7H2,1-2H3. The highest BCUT2D eigenvalue weighted by Gasteiger charge is 2.54. The number of rotatable bonds is 4. The minimum absolute atomic E-state index is 0.543. The van der Waals surface area contributed by atoms with Crippen molar-refractivity contribution in [2.45, 2.75) is 38.6 Å². The largest absolute Gasteiger partial charge is 0.310 e. The molecule has 3 unspecified atom stereocenters. The first-order chi connectivity index (χ1) is 8.31. The number of aryl methyl sites for hydroxylation is 1. The molecule has 1 aromatic heterocycles. The summed E-state index contributed by atoms with van der Waals surface area (Å²) in [5, 5.41) is 8.00. The van der Waals surface area contributed by atoms with Crippen LogP contribution in [0, 0.1) is 17.8 Å². The van der Waals surface area contributed by atoms with Crippen molar-refractivity contribution in [1.82, 2.24) is 15.1 Å². The fourth-order valence-electron chi connectivity index (χ4n) is 3.84. The normalized spacial score (nSPS) is 33.2. The van der Waals surface area contributed by atoms with Crippen molar-refractivity contribution < 1.29 is 0 Å². The maximum atomic E-state index is 4.32. The van der Waals surface area contributed by atoms with Crippen LogP contribution in [0.5, 0.6) is 0 Å². The van der Waals surface area contributed by atoms with Gasteiger partial charge in [-0.05, 0) is 37.1 Å². The fourth-order valence-corrected chi connectivity index (χ4v) is 3.84. The third-order valence-corrected chi connectivity index (χ3v) is 4.62. The highest BCUT2D eigenvalue weighted by atomic mass is 15.2. The Bertz CT molecular complexity index is 373. The molecule has 0 bridgehead atoms. The van der Waals surface area contributed by atoms with Gasteiger partial charge in [-0.15, -0.1) is 0 Å². The third kappa shape index (κ3) is 2.01. The summed E-state index contributed by atoms with van der Waals surface area (Å²) in [6.45, 7) is 3.25. The summed E-state index contributed by atoms with van der Waals surface area (Å²) in [5.74, 6) is 2.86. The first kappa shape index (κ1) is 11.3. The maximum absolute atomic E-state index is 4.32. The molecule has 1 N–H and O–H groups in total. The Labute approximate surface area is 104 Å². The minimum Gasteiger partial charge on any atom is -0.310 e. The zero-order chi connectivity index (χ0) is 11.8. The van der Waals surface area contributed by atoms with Gasteiger partial charge < -0.3 is 5.32 Å². The third-order valence-electron chi connectivity index (χ3n) is 4.62. The number of fused-ring (bicyclic) bond motifs is 1. The van der Waals surface area contributed by atoms with Gasteiger partial charge in [0.25, 0.3) is 0 Å². The van der Waals surface area contributed by atoms with Crippen LogP contribution in [0.3, 0.4) is 0 Å². The molecule has 0 saturated heterocycles. The summed E-state index contributed by atoms with van der Waals surface area (Å²) in [6.07, 6.45) is 10.0. The van der Waals surface area contributed by atoms with Crippen molar-refractivity contribution in [3.05, 3.63) is 18.0 Å². The summed E-state index contributed by atoms with van der Waals surface area (Å²) >= 11 is 0. The average Bonchev–Trinajstić information content (AvgIpc) is 2.90. The maximum Gasteiger partial charge on any atom is 0.0537 e. The van der Waals surface area contributed by atoms with Crippen LogP contribution in [-0.2, 0) is 7.05 Å². The average molecular weight is 233 g/mol. The predicted molar refractivity (Wildman–Crippen MR) is 68.6 cm³/mol. The SMILES string of the molecule is CCNC(c1cnn(C)c1)C1C2CCCCC21. The lowest BCUT2D eigenvalue weighted by atomic mass is 10.0. The van der Waals surface area contributed by atoms with Crippen LogP contribution in [0.2, 0.25) is 0 Å². The van der Waals surface area contributed by atoms with Gasteiger partial charge in [-0.2, -0.15) is 5.10 Å². The Morgan fingerprint density at radius 2 is 2.12 bits per heavy atom. The van der Waals surface area contributed by atoms with Crippen molar-refractivity contribution in [1.29, 1.82) is 0 Å². The Balaban J connectivity index is 1.76. The molecule has 0 radical (unpaired) electrons. The van der Waals surface area contributed by atoms with Gasteiger partial charge in [0.15, 0.2) is 0 Å². The molecule has 1 heterocycles. The van der Waals surface area contributed by atoms with Gasteiger partial charge in [0.2, 0.25) is 0 Å². The molecule has 0 aromatic carbocycles. The molecule has 94 valence electrons. The van der Waals surface area contributed by atoms with Crippen LogP contribution in [0.25, 0.3) is 0 Å². The molecule has 3 rings (SSSR count). The van der Waals surface area contributed by atoms with Crippen molar-refractivity contribution in [2.24, 2.45) is 24.8 Å². The van der Waals surface area contributed by atoms with E-state index < -0.39 is 0 Å². The van der Waals surface area contributed by atoms with Gasteiger partial charge in [0.1, 0.15) is 0 Å². The summed E-state index contributed by atoms with van der Waals surface area (Å²) < 4.78 is 1.92. The van der Waals surface area contributed by atoms with Crippen molar-refractivity contribution in [3.8, 4) is 0 Å². The van der Waals surface area contributed by atoms with E-state index in [1.165, 1.54) is 31.2 Å². The van der Waals surface area contributed by atoms with Crippen LogP contribution < -0.4 is 5.32 Å². The topological polar surface area (TPSA) is 29.9 Å². The van der Waals surface area contributed by atoms with E-state index in [0.717, 1.165) is 24.3 Å². The number of nitrogens with zero attached hydrogens (tertiary/aromatic N) is 2. The monoisotopic (exact) mass is 233 g/mol. The van der Waals surface area contributed by atoms with Gasteiger partial charge in [-0.1, -0.05) is 19.8 Å². The van der Waals surface area contributed by atoms with E-state index in [1.807, 2.05) is 17.9 Å². The van der Waals surface area contributed by atoms with Crippen molar-refractivity contribution in [2.75, 3.05) is 6.54 Å². The molecule has 2 aliphatic carbocycles. The van der Waals surface area contributed by atoms with E-state index in [9.17, 15) is 0 Å². The molecule has 2 saturated carbocycles. The molecular formula is C14H23N3. The van der Waals surface area contributed by atoms with Crippen molar-refractivity contribution in [3.63, 3.8) is 0 Å². The van der Waals surface area contributed by atoms with E-state index in [1.54, 1.807) is 0 Å². The van der Waals surface area contributed by atoms with E-state index in [4.69, 9.17) is 0 Å². The van der Waals surface area contributed by atoms with Gasteiger partial charge in [-0.25, -0.2) is 0 Å². The van der Waals surface area contributed by atoms with Crippen molar-refractivity contribution >= 4 is 0 Å². The Morgan fingerprint density at radius 3 is 2.65 bits per heavy atom. The van der Waals surface area contributed by atoms with E-state index in [2.05, 4.69) is 23.5 Å². The Hall–Kier alpha value is -0.830. The highest BCUT2D eigenvalue weighted by molar-refractivity contribution is 5.18. The Morgan fingerprint density at radius 1 is 1.41 bits per heavy atom. The first-order valence-electron chi connectivity index (χ1n) is 7.03. The second kappa shape index (κ2) is 4.45. The molecular weight excluding hydrogens is 210 g/mol. The van der Waals surface area contributed by atoms with E-state index in [-0.39, 0.29) is 0 Å². The van der Waals surface area contributed by atoms with Crippen LogP contribution >= 0.6 is 0 Å². The number of aromatic nitrogens is 2. The fraction of sp³-hybridized carbons (Fsp3) is 0.786. The van der Waals surface area contributed by atoms with Crippen LogP contribution in [-0.4, -0.2) is 16.3 Å². The molecule has 2 fully saturated rings. The lowest BCUT2D eigenvalue weighted by Crippen LogP contribution is -2.23. The van der Waals surface area contributed by atoms with Gasteiger partial charge in [-0.3, -0.25) is 4.68 Å². The second-order valence-corrected chi connectivity index (χ2v) is 5.67. The Kier molecular flexibility index (Phi) is 2.95. The summed E-state index contributed by atoms with van der Waals surface area (Å²) in [4.78, 5) is 0. The first-order valence-corrected chi connectivity index (χ1v) is 7.03. The van der Waals surface area contributed by atoms with Gasteiger partial charge >= 0.3 is 0 Å². The quantitative estimate of drug-likeness (QED) is 0.866. The molecule has 2 aliphatic rings. The molecule has 17 heavy (non-hydrogen) atoms. The molecule has 0 aliphatic heterocycles. The lowest BCUT2D eigenvalue weighted by molar-refractivity contribution is 0.456. The number of nitrogens with one attached hydrogen (secondary N) is 1. The lowest BCUT2D eigenvalue weighted by Gasteiger charge is -2.16. The number of hydrogen-bond acceptors (Lipinski definition) is 2. The molecule has 0 amide bonds. The smallest absolute Gasteiger partial charge is 0.0537 e. The minimum atomic E-state index is 0.543. The summed E-state index contributed by atoms with van der Waals surface area (Å²) in [5.41, 5.74) is 1.38. The van der Waals surface area contributed by atoms with E-state index >= 15 is 0 Å². The van der Waals surface area contributed by atoms with Crippen LogP contribution in [0.15, 0.2) is 12.4 Å². The zero-order valence-electron chi connectivity index (χ0n) is 10.9. The summed E-state index contributed by atoms with van der Waals surface area (Å²) in [6, 6.07) is 0.543. The molecule has 3 heteroatoms. The van der Waals surface area contributed by atoms with E-state index in [0.29, 0.717) is 6.04 Å². The summed E-state index contributed by atoms with van der Waals surface area (Å²) in [7, 11) is 2.01. The van der Waals surface area contributed by atoms with Gasteiger partial charge in [0.05, 0.1) is 6.20 Å². The van der Waals surface area contributed by atoms with Crippen LogP contribution in [0.4, 0.5) is 0 Å². The zero-order valence-corrected chi connectivity index (χ0v) is 10.9. The molecule has 1 aromatic rings. The van der Waals surface area contributed by atoms with Gasteiger partial charge in [0, 0.05) is 24.8 Å². The molecule has 3 atom stereocenters. The second-order valence-electron chi connectivity index (χ2n) is 5.67. The molecule has 0 spiro atoms. The van der Waals surface area contributed by atoms with Crippen LogP contribution in [0.1, 0.15) is 44.2 Å².